The van der Waals surface area contributed by atoms with Gasteiger partial charge in [-0.15, -0.1) is 0 Å². The summed E-state index contributed by atoms with van der Waals surface area (Å²) in [5, 5.41) is 2.67. The van der Waals surface area contributed by atoms with Gasteiger partial charge in [0.15, 0.2) is 0 Å². The van der Waals surface area contributed by atoms with E-state index in [1.807, 2.05) is 36.4 Å². The molecule has 226 valence electrons. The Balaban J connectivity index is 1.60. The van der Waals surface area contributed by atoms with Crippen LogP contribution in [0.4, 0.5) is 0 Å². The Kier molecular flexibility index (Phi) is 9.00. The highest BCUT2D eigenvalue weighted by Crippen LogP contribution is 2.40. The molecule has 0 aliphatic carbocycles. The van der Waals surface area contributed by atoms with Crippen molar-refractivity contribution in [3.8, 4) is 45.3 Å². The fourth-order valence-electron chi connectivity index (χ4n) is 4.75. The number of esters is 4. The summed E-state index contributed by atoms with van der Waals surface area (Å²) in [6, 6.07) is 24.7. The minimum Gasteiger partial charge on any atom is -0.423 e. The van der Waals surface area contributed by atoms with Crippen LogP contribution in [0, 0.1) is 0 Å². The number of fused-ring (bicyclic) bond motifs is 2. The van der Waals surface area contributed by atoms with E-state index in [2.05, 4.69) is 26.3 Å². The Morgan fingerprint density at radius 3 is 1.67 bits per heavy atom. The zero-order chi connectivity index (χ0) is 32.8. The van der Waals surface area contributed by atoms with Crippen LogP contribution in [0.2, 0.25) is 0 Å². The van der Waals surface area contributed by atoms with E-state index >= 15 is 0 Å². The zero-order valence-corrected chi connectivity index (χ0v) is 24.5. The molecule has 0 spiro atoms. The lowest BCUT2D eigenvalue weighted by Gasteiger charge is -2.15. The van der Waals surface area contributed by atoms with Gasteiger partial charge in [-0.1, -0.05) is 62.7 Å². The summed E-state index contributed by atoms with van der Waals surface area (Å²) in [6.45, 7) is 13.8. The van der Waals surface area contributed by atoms with Gasteiger partial charge in [0.25, 0.3) is 0 Å². The maximum Gasteiger partial charge on any atom is 0.335 e. The lowest BCUT2D eigenvalue weighted by atomic mass is 9.95. The molecule has 0 atom stereocenters. The van der Waals surface area contributed by atoms with Gasteiger partial charge in [0.1, 0.15) is 23.0 Å². The average molecular weight is 611 g/mol. The molecule has 5 rings (SSSR count). The Labute approximate surface area is 264 Å². The highest BCUT2D eigenvalue weighted by molar-refractivity contribution is 6.08. The van der Waals surface area contributed by atoms with E-state index in [0.717, 1.165) is 46.2 Å². The van der Waals surface area contributed by atoms with Gasteiger partial charge in [-0.3, -0.25) is 0 Å². The lowest BCUT2D eigenvalue weighted by molar-refractivity contribution is -0.129. The molecule has 5 aromatic rings. The second kappa shape index (κ2) is 13.4. The minimum atomic E-state index is -0.650. The van der Waals surface area contributed by atoms with Gasteiger partial charge in [0.05, 0.1) is 0 Å². The molecule has 46 heavy (non-hydrogen) atoms. The molecule has 0 fully saturated rings. The molecule has 0 N–H and O–H groups in total. The van der Waals surface area contributed by atoms with Crippen LogP contribution in [-0.2, 0) is 19.2 Å². The Bertz CT molecular complexity index is 2090. The highest BCUT2D eigenvalue weighted by atomic mass is 16.5. The number of benzene rings is 5. The van der Waals surface area contributed by atoms with Crippen LogP contribution in [-0.4, -0.2) is 23.9 Å². The van der Waals surface area contributed by atoms with Crippen molar-refractivity contribution in [3.63, 3.8) is 0 Å². The SMILES string of the molecule is C=CC(=O)Oc1ccc(-c2ccc(-c3ccc4c(OC(=O)C=C)c5cc(OC(=O)C=C)ccc5cc4c3)cc2OC(=O)C=C)cc1. The van der Waals surface area contributed by atoms with Gasteiger partial charge in [-0.25, -0.2) is 19.2 Å². The summed E-state index contributed by atoms with van der Waals surface area (Å²) in [5.41, 5.74) is 2.87. The Morgan fingerprint density at radius 1 is 0.457 bits per heavy atom. The summed E-state index contributed by atoms with van der Waals surface area (Å²) >= 11 is 0. The van der Waals surface area contributed by atoms with Gasteiger partial charge in [-0.2, -0.15) is 0 Å². The molecule has 0 saturated carbocycles. The normalized spacial score (nSPS) is 10.4. The van der Waals surface area contributed by atoms with Crippen molar-refractivity contribution in [2.75, 3.05) is 0 Å². The first-order valence-corrected chi connectivity index (χ1v) is 13.9. The van der Waals surface area contributed by atoms with Gasteiger partial charge >= 0.3 is 23.9 Å². The molecule has 8 nitrogen and oxygen atoms in total. The van der Waals surface area contributed by atoms with Crippen LogP contribution in [0.25, 0.3) is 43.8 Å². The van der Waals surface area contributed by atoms with E-state index in [-0.39, 0.29) is 11.5 Å². The molecule has 0 aliphatic rings. The van der Waals surface area contributed by atoms with Gasteiger partial charge in [0.2, 0.25) is 0 Å². The molecule has 0 aromatic heterocycles. The number of carbonyl (C=O) groups is 4. The summed E-state index contributed by atoms with van der Waals surface area (Å²) in [7, 11) is 0. The van der Waals surface area contributed by atoms with Crippen LogP contribution in [0.15, 0.2) is 136 Å². The Hall–Kier alpha value is -6.54. The van der Waals surface area contributed by atoms with Crippen molar-refractivity contribution >= 4 is 45.4 Å². The largest absolute Gasteiger partial charge is 0.423 e. The van der Waals surface area contributed by atoms with E-state index in [9.17, 15) is 19.2 Å². The molecule has 0 aliphatic heterocycles. The second-order valence-electron chi connectivity index (χ2n) is 9.76. The predicted octanol–water partition coefficient (Wildman–Crippen LogP) is 7.69. The van der Waals surface area contributed by atoms with Crippen molar-refractivity contribution in [1.82, 2.24) is 0 Å². The number of rotatable bonds is 10. The fourth-order valence-corrected chi connectivity index (χ4v) is 4.75. The number of hydrogen-bond acceptors (Lipinski definition) is 8. The summed E-state index contributed by atoms with van der Waals surface area (Å²) < 4.78 is 21.7. The van der Waals surface area contributed by atoms with E-state index < -0.39 is 23.9 Å². The molecule has 8 heteroatoms. The number of hydrogen-bond donors (Lipinski definition) is 0. The molecule has 0 amide bonds. The van der Waals surface area contributed by atoms with Crippen LogP contribution >= 0.6 is 0 Å². The quantitative estimate of drug-likeness (QED) is 0.0686. The third-order valence-electron chi connectivity index (χ3n) is 6.87. The van der Waals surface area contributed by atoms with Gasteiger partial charge in [0, 0.05) is 40.6 Å². The molecule has 0 saturated heterocycles. The molecule has 5 aromatic carbocycles. The van der Waals surface area contributed by atoms with E-state index in [1.54, 1.807) is 48.5 Å². The predicted molar refractivity (Wildman–Crippen MR) is 176 cm³/mol. The zero-order valence-electron chi connectivity index (χ0n) is 24.5. The maximum absolute atomic E-state index is 12.3. The highest BCUT2D eigenvalue weighted by Gasteiger charge is 2.16. The summed E-state index contributed by atoms with van der Waals surface area (Å²) in [4.78, 5) is 47.9. The van der Waals surface area contributed by atoms with Crippen molar-refractivity contribution in [1.29, 1.82) is 0 Å². The third kappa shape index (κ3) is 6.66. The smallest absolute Gasteiger partial charge is 0.335 e. The topological polar surface area (TPSA) is 105 Å². The lowest BCUT2D eigenvalue weighted by Crippen LogP contribution is -2.05. The van der Waals surface area contributed by atoms with Crippen molar-refractivity contribution in [3.05, 3.63) is 136 Å². The van der Waals surface area contributed by atoms with Crippen LogP contribution < -0.4 is 18.9 Å². The third-order valence-corrected chi connectivity index (χ3v) is 6.87. The summed E-state index contributed by atoms with van der Waals surface area (Å²) in [5.74, 6) is -1.31. The molecule has 0 heterocycles. The van der Waals surface area contributed by atoms with Crippen molar-refractivity contribution < 1.29 is 38.1 Å². The van der Waals surface area contributed by atoms with E-state index in [4.69, 9.17) is 18.9 Å². The summed E-state index contributed by atoms with van der Waals surface area (Å²) in [6.07, 6.45) is 4.27. The molecule has 0 bridgehead atoms. The van der Waals surface area contributed by atoms with Gasteiger partial charge in [-0.05, 0) is 76.0 Å². The molecular formula is C38H26O8. The maximum atomic E-state index is 12.3. The standard InChI is InChI=1S/C38H26O8/c1-5-34(39)43-28-14-9-23(10-15-28)30-17-12-25(21-33(30)45-36(41)7-3)24-13-18-31-27(19-24)20-26-11-16-29(44-35(40)6-2)22-32(26)38(31)46-37(42)8-4/h5-22H,1-4H2. The monoisotopic (exact) mass is 610 g/mol. The number of ether oxygens (including phenoxy) is 4. The van der Waals surface area contributed by atoms with E-state index in [1.165, 1.54) is 0 Å². The average Bonchev–Trinajstić information content (AvgIpc) is 3.08. The van der Waals surface area contributed by atoms with E-state index in [0.29, 0.717) is 33.4 Å². The van der Waals surface area contributed by atoms with Crippen molar-refractivity contribution in [2.24, 2.45) is 0 Å². The van der Waals surface area contributed by atoms with Crippen LogP contribution in [0.3, 0.4) is 0 Å². The van der Waals surface area contributed by atoms with Crippen molar-refractivity contribution in [2.45, 2.75) is 0 Å². The first-order chi connectivity index (χ1) is 22.2. The van der Waals surface area contributed by atoms with Crippen LogP contribution in [0.5, 0.6) is 23.0 Å². The molecular weight excluding hydrogens is 584 g/mol. The minimum absolute atomic E-state index is 0.262. The first-order valence-electron chi connectivity index (χ1n) is 13.9. The van der Waals surface area contributed by atoms with Crippen LogP contribution in [0.1, 0.15) is 0 Å². The molecule has 0 unspecified atom stereocenters. The Morgan fingerprint density at radius 2 is 1.00 bits per heavy atom. The first kappa shape index (κ1) is 30.9. The molecule has 0 radical (unpaired) electrons. The second-order valence-corrected chi connectivity index (χ2v) is 9.76. The van der Waals surface area contributed by atoms with Gasteiger partial charge < -0.3 is 18.9 Å². The fraction of sp³-hybridized carbons (Fsp3) is 0. The number of carbonyl (C=O) groups excluding carboxylic acids is 4.